The maximum atomic E-state index is 12.9. The lowest BCUT2D eigenvalue weighted by Crippen LogP contribution is -2.25. The summed E-state index contributed by atoms with van der Waals surface area (Å²) in [4.78, 5) is 29.2. The summed E-state index contributed by atoms with van der Waals surface area (Å²) in [6.07, 6.45) is 1.60. The van der Waals surface area contributed by atoms with Gasteiger partial charge >= 0.3 is 0 Å². The lowest BCUT2D eigenvalue weighted by atomic mass is 10.2. The average molecular weight is 311 g/mol. The van der Waals surface area contributed by atoms with Crippen molar-refractivity contribution in [2.75, 3.05) is 5.32 Å². The first kappa shape index (κ1) is 14.9. The zero-order valence-corrected chi connectivity index (χ0v) is 12.6. The summed E-state index contributed by atoms with van der Waals surface area (Å²) in [6.45, 7) is 3.52. The van der Waals surface area contributed by atoms with Crippen molar-refractivity contribution in [2.45, 2.75) is 13.8 Å². The Bertz CT molecular complexity index is 962. The number of nitrogens with zero attached hydrogens (tertiary/aromatic N) is 2. The molecule has 0 radical (unpaired) electrons. The fourth-order valence-electron chi connectivity index (χ4n) is 2.34. The molecule has 0 aliphatic carbocycles. The third-order valence-electron chi connectivity index (χ3n) is 3.58. The Morgan fingerprint density at radius 3 is 2.57 bits per heavy atom. The number of nitrogens with one attached hydrogen (secondary N) is 1. The van der Waals surface area contributed by atoms with Gasteiger partial charge in [0.2, 0.25) is 0 Å². The number of anilines is 1. The third kappa shape index (κ3) is 2.70. The second-order valence-electron chi connectivity index (χ2n) is 5.22. The van der Waals surface area contributed by atoms with Gasteiger partial charge in [0.15, 0.2) is 0 Å². The highest BCUT2D eigenvalue weighted by Crippen LogP contribution is 2.13. The number of fused-ring (bicyclic) bond motifs is 1. The maximum Gasteiger partial charge on any atom is 0.281 e. The first-order chi connectivity index (χ1) is 11.0. The molecule has 23 heavy (non-hydrogen) atoms. The molecule has 1 aromatic carbocycles. The molecule has 116 valence electrons. The molecular weight excluding hydrogens is 297 g/mol. The Balaban J connectivity index is 2.05. The van der Waals surface area contributed by atoms with E-state index in [2.05, 4.69) is 10.3 Å². The lowest BCUT2D eigenvalue weighted by molar-refractivity contribution is 0.102. The predicted molar refractivity (Wildman–Crippen MR) is 85.3 cm³/mol. The van der Waals surface area contributed by atoms with Gasteiger partial charge < -0.3 is 5.32 Å². The minimum absolute atomic E-state index is 0.113. The van der Waals surface area contributed by atoms with E-state index in [-0.39, 0.29) is 16.8 Å². The number of halogens is 1. The number of carbonyl (C=O) groups is 1. The topological polar surface area (TPSA) is 63.5 Å². The minimum atomic E-state index is -0.486. The van der Waals surface area contributed by atoms with Gasteiger partial charge in [-0.3, -0.25) is 14.0 Å². The number of aryl methyl sites for hydroxylation is 2. The standard InChI is InChI=1S/C17H14FN3O2/c1-10-4-3-9-21-15(10)19-11(2)14(17(21)23)20-16(22)12-5-7-13(18)8-6-12/h3-9H,1-2H3,(H,20,22). The fraction of sp³-hybridized carbons (Fsp3) is 0.118. The zero-order chi connectivity index (χ0) is 16.6. The van der Waals surface area contributed by atoms with Gasteiger partial charge in [0.05, 0.1) is 5.69 Å². The summed E-state index contributed by atoms with van der Waals surface area (Å²) in [5.41, 5.74) is 1.87. The average Bonchev–Trinajstić information content (AvgIpc) is 2.53. The van der Waals surface area contributed by atoms with Gasteiger partial charge in [-0.05, 0) is 49.7 Å². The highest BCUT2D eigenvalue weighted by Gasteiger charge is 2.14. The zero-order valence-electron chi connectivity index (χ0n) is 12.6. The maximum absolute atomic E-state index is 12.9. The molecule has 0 spiro atoms. The van der Waals surface area contributed by atoms with E-state index >= 15 is 0 Å². The van der Waals surface area contributed by atoms with Gasteiger partial charge in [0, 0.05) is 11.8 Å². The van der Waals surface area contributed by atoms with Crippen LogP contribution >= 0.6 is 0 Å². The van der Waals surface area contributed by atoms with Gasteiger partial charge in [-0.15, -0.1) is 0 Å². The summed E-state index contributed by atoms with van der Waals surface area (Å²) in [5, 5.41) is 2.57. The van der Waals surface area contributed by atoms with Crippen LogP contribution in [-0.4, -0.2) is 15.3 Å². The fourth-order valence-corrected chi connectivity index (χ4v) is 2.34. The van der Waals surface area contributed by atoms with Crippen LogP contribution in [0.15, 0.2) is 47.4 Å². The van der Waals surface area contributed by atoms with E-state index in [1.807, 2.05) is 13.0 Å². The van der Waals surface area contributed by atoms with Gasteiger partial charge in [0.1, 0.15) is 17.2 Å². The van der Waals surface area contributed by atoms with Crippen LogP contribution in [0.3, 0.4) is 0 Å². The van der Waals surface area contributed by atoms with E-state index in [1.54, 1.807) is 19.2 Å². The molecule has 0 saturated heterocycles. The predicted octanol–water partition coefficient (Wildman–Crippen LogP) is 2.70. The van der Waals surface area contributed by atoms with Crippen LogP contribution in [0.2, 0.25) is 0 Å². The van der Waals surface area contributed by atoms with E-state index in [4.69, 9.17) is 0 Å². The Kier molecular flexibility index (Phi) is 3.65. The molecule has 3 aromatic rings. The van der Waals surface area contributed by atoms with E-state index < -0.39 is 11.7 Å². The van der Waals surface area contributed by atoms with Gasteiger partial charge in [-0.25, -0.2) is 9.37 Å². The van der Waals surface area contributed by atoms with Gasteiger partial charge in [-0.1, -0.05) is 6.07 Å². The molecular formula is C17H14FN3O2. The number of amides is 1. The molecule has 6 heteroatoms. The van der Waals surface area contributed by atoms with Crippen LogP contribution in [-0.2, 0) is 0 Å². The number of hydrogen-bond donors (Lipinski definition) is 1. The van der Waals surface area contributed by atoms with Crippen molar-refractivity contribution in [1.82, 2.24) is 9.38 Å². The minimum Gasteiger partial charge on any atom is -0.316 e. The monoisotopic (exact) mass is 311 g/mol. The van der Waals surface area contributed by atoms with E-state index in [0.717, 1.165) is 5.56 Å². The molecule has 0 fully saturated rings. The summed E-state index contributed by atoms with van der Waals surface area (Å²) in [7, 11) is 0. The molecule has 2 heterocycles. The molecule has 1 N–H and O–H groups in total. The van der Waals surface area contributed by atoms with Crippen molar-refractivity contribution in [3.63, 3.8) is 0 Å². The largest absolute Gasteiger partial charge is 0.316 e. The quantitative estimate of drug-likeness (QED) is 0.791. The van der Waals surface area contributed by atoms with E-state index in [9.17, 15) is 14.0 Å². The Hall–Kier alpha value is -3.02. The number of aromatic nitrogens is 2. The molecule has 1 amide bonds. The van der Waals surface area contributed by atoms with Crippen molar-refractivity contribution in [3.05, 3.63) is 75.6 Å². The highest BCUT2D eigenvalue weighted by atomic mass is 19.1. The molecule has 0 saturated carbocycles. The van der Waals surface area contributed by atoms with Crippen LogP contribution in [0.25, 0.3) is 5.65 Å². The van der Waals surface area contributed by atoms with Crippen LogP contribution < -0.4 is 10.9 Å². The summed E-state index contributed by atoms with van der Waals surface area (Å²) < 4.78 is 14.3. The molecule has 0 unspecified atom stereocenters. The molecule has 0 atom stereocenters. The first-order valence-corrected chi connectivity index (χ1v) is 7.03. The number of carbonyl (C=O) groups excluding carboxylic acids is 1. The van der Waals surface area contributed by atoms with Crippen LogP contribution in [0.1, 0.15) is 21.6 Å². The van der Waals surface area contributed by atoms with E-state index in [1.165, 1.54) is 28.7 Å². The Labute approximate surface area is 131 Å². The normalized spacial score (nSPS) is 10.7. The van der Waals surface area contributed by atoms with Crippen molar-refractivity contribution in [1.29, 1.82) is 0 Å². The molecule has 2 aromatic heterocycles. The molecule has 0 aliphatic heterocycles. The van der Waals surface area contributed by atoms with Crippen molar-refractivity contribution >= 4 is 17.2 Å². The summed E-state index contributed by atoms with van der Waals surface area (Å²) in [6, 6.07) is 8.70. The van der Waals surface area contributed by atoms with Gasteiger partial charge in [0.25, 0.3) is 11.5 Å². The first-order valence-electron chi connectivity index (χ1n) is 7.03. The van der Waals surface area contributed by atoms with Crippen LogP contribution in [0, 0.1) is 19.7 Å². The van der Waals surface area contributed by atoms with Crippen molar-refractivity contribution in [3.8, 4) is 0 Å². The third-order valence-corrected chi connectivity index (χ3v) is 3.58. The SMILES string of the molecule is Cc1nc2c(C)cccn2c(=O)c1NC(=O)c1ccc(F)cc1. The summed E-state index contributed by atoms with van der Waals surface area (Å²) >= 11 is 0. The number of rotatable bonds is 2. The Morgan fingerprint density at radius 1 is 1.17 bits per heavy atom. The second-order valence-corrected chi connectivity index (χ2v) is 5.22. The smallest absolute Gasteiger partial charge is 0.281 e. The van der Waals surface area contributed by atoms with Crippen molar-refractivity contribution < 1.29 is 9.18 Å². The molecule has 0 aliphatic rings. The highest BCUT2D eigenvalue weighted by molar-refractivity contribution is 6.04. The van der Waals surface area contributed by atoms with Crippen LogP contribution in [0.5, 0.6) is 0 Å². The molecule has 5 nitrogen and oxygen atoms in total. The molecule has 0 bridgehead atoms. The van der Waals surface area contributed by atoms with Crippen LogP contribution in [0.4, 0.5) is 10.1 Å². The second kappa shape index (κ2) is 5.64. The summed E-state index contributed by atoms with van der Waals surface area (Å²) in [5.74, 6) is -0.916. The molecule has 3 rings (SSSR count). The Morgan fingerprint density at radius 2 is 1.87 bits per heavy atom. The lowest BCUT2D eigenvalue weighted by Gasteiger charge is -2.10. The number of pyridine rings is 1. The van der Waals surface area contributed by atoms with E-state index in [0.29, 0.717) is 11.3 Å². The number of hydrogen-bond acceptors (Lipinski definition) is 3. The van der Waals surface area contributed by atoms with Crippen molar-refractivity contribution in [2.24, 2.45) is 0 Å². The van der Waals surface area contributed by atoms with Gasteiger partial charge in [-0.2, -0.15) is 0 Å². The number of benzene rings is 1.